The highest BCUT2D eigenvalue weighted by atomic mass is 16.5. The lowest BCUT2D eigenvalue weighted by Gasteiger charge is -2.19. The van der Waals surface area contributed by atoms with Crippen molar-refractivity contribution in [3.63, 3.8) is 0 Å². The third kappa shape index (κ3) is 5.37. The molecule has 0 bridgehead atoms. The van der Waals surface area contributed by atoms with E-state index in [1.165, 1.54) is 56.3 Å². The standard InChI is InChI=1S/C21H34N4O/c1-16-8-9-18(20(12-16)26-19-6-4-5-7-19)14-24-21(22-2)23-13-17-10-11-25(3)15-17/h8-9,12,17,19H,4-7,10-11,13-15H2,1-3H3,(H2,22,23,24). The van der Waals surface area contributed by atoms with E-state index in [1.807, 2.05) is 7.05 Å². The first-order valence-corrected chi connectivity index (χ1v) is 10.0. The van der Waals surface area contributed by atoms with Crippen molar-refractivity contribution in [3.8, 4) is 5.75 Å². The average Bonchev–Trinajstić information content (AvgIpc) is 3.28. The normalized spacial score (nSPS) is 22.0. The molecule has 1 aliphatic carbocycles. The van der Waals surface area contributed by atoms with Crippen LogP contribution in [0.2, 0.25) is 0 Å². The van der Waals surface area contributed by atoms with Crippen LogP contribution in [0.5, 0.6) is 5.75 Å². The molecule has 1 heterocycles. The van der Waals surface area contributed by atoms with E-state index in [1.54, 1.807) is 0 Å². The maximum atomic E-state index is 6.30. The van der Waals surface area contributed by atoms with Crippen LogP contribution >= 0.6 is 0 Å². The minimum atomic E-state index is 0.382. The molecule has 3 rings (SSSR count). The van der Waals surface area contributed by atoms with Crippen molar-refractivity contribution in [3.05, 3.63) is 29.3 Å². The van der Waals surface area contributed by atoms with Crippen LogP contribution in [0.15, 0.2) is 23.2 Å². The molecule has 1 saturated heterocycles. The fraction of sp³-hybridized carbons (Fsp3) is 0.667. The highest BCUT2D eigenvalue weighted by Gasteiger charge is 2.20. The van der Waals surface area contributed by atoms with Gasteiger partial charge in [-0.2, -0.15) is 0 Å². The number of ether oxygens (including phenoxy) is 1. The Hall–Kier alpha value is -1.75. The number of hydrogen-bond donors (Lipinski definition) is 2. The Labute approximate surface area is 158 Å². The molecule has 0 spiro atoms. The third-order valence-corrected chi connectivity index (χ3v) is 5.54. The van der Waals surface area contributed by atoms with Gasteiger partial charge in [0.05, 0.1) is 6.10 Å². The van der Waals surface area contributed by atoms with Crippen molar-refractivity contribution < 1.29 is 4.74 Å². The smallest absolute Gasteiger partial charge is 0.191 e. The van der Waals surface area contributed by atoms with E-state index in [4.69, 9.17) is 4.74 Å². The zero-order valence-corrected chi connectivity index (χ0v) is 16.6. The Morgan fingerprint density at radius 3 is 2.73 bits per heavy atom. The molecule has 1 aromatic rings. The number of nitrogens with one attached hydrogen (secondary N) is 2. The summed E-state index contributed by atoms with van der Waals surface area (Å²) in [6.07, 6.45) is 6.58. The van der Waals surface area contributed by atoms with E-state index >= 15 is 0 Å². The molecule has 144 valence electrons. The molecule has 1 unspecified atom stereocenters. The van der Waals surface area contributed by atoms with Crippen LogP contribution in [-0.4, -0.2) is 50.7 Å². The zero-order valence-electron chi connectivity index (χ0n) is 16.6. The third-order valence-electron chi connectivity index (χ3n) is 5.54. The van der Waals surface area contributed by atoms with Crippen LogP contribution in [-0.2, 0) is 6.54 Å². The first-order valence-electron chi connectivity index (χ1n) is 10.0. The molecule has 2 N–H and O–H groups in total. The molecule has 1 aromatic carbocycles. The zero-order chi connectivity index (χ0) is 18.4. The van der Waals surface area contributed by atoms with Gasteiger partial charge in [0, 0.05) is 32.2 Å². The lowest BCUT2D eigenvalue weighted by Crippen LogP contribution is -2.39. The van der Waals surface area contributed by atoms with Crippen molar-refractivity contribution in [1.82, 2.24) is 15.5 Å². The molecule has 0 radical (unpaired) electrons. The predicted molar refractivity (Wildman–Crippen MR) is 108 cm³/mol. The summed E-state index contributed by atoms with van der Waals surface area (Å²) in [4.78, 5) is 6.76. The molecule has 26 heavy (non-hydrogen) atoms. The average molecular weight is 359 g/mol. The summed E-state index contributed by atoms with van der Waals surface area (Å²) in [6, 6.07) is 6.49. The van der Waals surface area contributed by atoms with Crippen molar-refractivity contribution in [1.29, 1.82) is 0 Å². The number of hydrogen-bond acceptors (Lipinski definition) is 3. The predicted octanol–water partition coefficient (Wildman–Crippen LogP) is 2.93. The topological polar surface area (TPSA) is 48.9 Å². The molecular formula is C21H34N4O. The van der Waals surface area contributed by atoms with Crippen LogP contribution in [0.25, 0.3) is 0 Å². The van der Waals surface area contributed by atoms with Gasteiger partial charge in [0.1, 0.15) is 5.75 Å². The van der Waals surface area contributed by atoms with Gasteiger partial charge < -0.3 is 20.3 Å². The van der Waals surface area contributed by atoms with Gasteiger partial charge in [-0.05, 0) is 70.2 Å². The van der Waals surface area contributed by atoms with Gasteiger partial charge in [0.15, 0.2) is 5.96 Å². The molecule has 1 atom stereocenters. The Balaban J connectivity index is 1.53. The summed E-state index contributed by atoms with van der Waals surface area (Å²) >= 11 is 0. The van der Waals surface area contributed by atoms with E-state index in [9.17, 15) is 0 Å². The second kappa shape index (κ2) is 9.26. The number of guanidine groups is 1. The fourth-order valence-corrected chi connectivity index (χ4v) is 3.94. The van der Waals surface area contributed by atoms with Crippen LogP contribution in [0.1, 0.15) is 43.2 Å². The monoisotopic (exact) mass is 358 g/mol. The lowest BCUT2D eigenvalue weighted by molar-refractivity contribution is 0.207. The van der Waals surface area contributed by atoms with Gasteiger partial charge in [0.25, 0.3) is 0 Å². The molecule has 0 amide bonds. The molecule has 2 aliphatic rings. The summed E-state index contributed by atoms with van der Waals surface area (Å²) in [7, 11) is 4.03. The van der Waals surface area contributed by atoms with Gasteiger partial charge in [-0.1, -0.05) is 12.1 Å². The molecule has 0 aromatic heterocycles. The number of likely N-dealkylation sites (tertiary alicyclic amines) is 1. The SMILES string of the molecule is CN=C(NCc1ccc(C)cc1OC1CCCC1)NCC1CCN(C)C1. The van der Waals surface area contributed by atoms with Crippen molar-refractivity contribution in [2.24, 2.45) is 10.9 Å². The molecule has 5 nitrogen and oxygen atoms in total. The van der Waals surface area contributed by atoms with Crippen LogP contribution in [0, 0.1) is 12.8 Å². The summed E-state index contributed by atoms with van der Waals surface area (Å²) in [6.45, 7) is 6.19. The van der Waals surface area contributed by atoms with Crippen molar-refractivity contribution in [2.75, 3.05) is 33.7 Å². The van der Waals surface area contributed by atoms with Crippen molar-refractivity contribution >= 4 is 5.96 Å². The van der Waals surface area contributed by atoms with Crippen molar-refractivity contribution in [2.45, 2.75) is 51.7 Å². The van der Waals surface area contributed by atoms with Crippen LogP contribution in [0.3, 0.4) is 0 Å². The van der Waals surface area contributed by atoms with Gasteiger partial charge in [-0.25, -0.2) is 0 Å². The summed E-state index contributed by atoms with van der Waals surface area (Å²) in [5.41, 5.74) is 2.45. The summed E-state index contributed by atoms with van der Waals surface area (Å²) < 4.78 is 6.30. The molecule has 1 saturated carbocycles. The quantitative estimate of drug-likeness (QED) is 0.606. The Morgan fingerprint density at radius 1 is 1.23 bits per heavy atom. The Morgan fingerprint density at radius 2 is 2.04 bits per heavy atom. The largest absolute Gasteiger partial charge is 0.490 e. The first kappa shape index (κ1) is 19.0. The van der Waals surface area contributed by atoms with E-state index in [0.717, 1.165) is 24.8 Å². The van der Waals surface area contributed by atoms with Crippen LogP contribution in [0.4, 0.5) is 0 Å². The minimum Gasteiger partial charge on any atom is -0.490 e. The van der Waals surface area contributed by atoms with E-state index in [-0.39, 0.29) is 0 Å². The number of nitrogens with zero attached hydrogens (tertiary/aromatic N) is 2. The summed E-state index contributed by atoms with van der Waals surface area (Å²) in [5.74, 6) is 2.60. The van der Waals surface area contributed by atoms with Gasteiger partial charge in [0.2, 0.25) is 0 Å². The molecule has 1 aliphatic heterocycles. The Bertz CT molecular complexity index is 610. The first-order chi connectivity index (χ1) is 12.6. The lowest BCUT2D eigenvalue weighted by atomic mass is 10.1. The van der Waals surface area contributed by atoms with Gasteiger partial charge in [-0.15, -0.1) is 0 Å². The maximum absolute atomic E-state index is 6.30. The fourth-order valence-electron chi connectivity index (χ4n) is 3.94. The van der Waals surface area contributed by atoms with E-state index < -0.39 is 0 Å². The molecular weight excluding hydrogens is 324 g/mol. The molecule has 5 heteroatoms. The highest BCUT2D eigenvalue weighted by Crippen LogP contribution is 2.27. The number of aryl methyl sites for hydroxylation is 1. The number of aliphatic imine (C=N–C) groups is 1. The number of benzene rings is 1. The van der Waals surface area contributed by atoms with E-state index in [2.05, 4.69) is 52.7 Å². The highest BCUT2D eigenvalue weighted by molar-refractivity contribution is 5.79. The minimum absolute atomic E-state index is 0.382. The van der Waals surface area contributed by atoms with Gasteiger partial charge >= 0.3 is 0 Å². The second-order valence-electron chi connectivity index (χ2n) is 7.86. The van der Waals surface area contributed by atoms with Crippen LogP contribution < -0.4 is 15.4 Å². The maximum Gasteiger partial charge on any atom is 0.191 e. The molecule has 2 fully saturated rings. The summed E-state index contributed by atoms with van der Waals surface area (Å²) in [5, 5.41) is 6.93. The Kier molecular flexibility index (Phi) is 6.78. The number of rotatable bonds is 6. The van der Waals surface area contributed by atoms with E-state index in [0.29, 0.717) is 12.0 Å². The van der Waals surface area contributed by atoms with Gasteiger partial charge in [-0.3, -0.25) is 4.99 Å². The second-order valence-corrected chi connectivity index (χ2v) is 7.86.